The number of nitrogens with two attached hydrogens (primary N) is 3. The Hall–Kier alpha value is -3.59. The number of nitrogen functional groups attached to an aromatic ring is 1. The maximum Gasteiger partial charge on any atom is 0.254 e. The van der Waals surface area contributed by atoms with E-state index in [0.717, 1.165) is 5.56 Å². The molecule has 1 aromatic carbocycles. The van der Waals surface area contributed by atoms with Crippen molar-refractivity contribution in [3.8, 4) is 28.6 Å². The molecule has 0 saturated heterocycles. The van der Waals surface area contributed by atoms with Gasteiger partial charge < -0.3 is 27.0 Å². The minimum atomic E-state index is -0.746. The highest BCUT2D eigenvalue weighted by Gasteiger charge is 2.26. The third-order valence-electron chi connectivity index (χ3n) is 4.35. The monoisotopic (exact) mass is 382 g/mol. The Balaban J connectivity index is 2.28. The number of hydrogen-bond acceptors (Lipinski definition) is 7. The van der Waals surface area contributed by atoms with Crippen molar-refractivity contribution in [2.75, 3.05) is 18.9 Å². The molecule has 2 aromatic heterocycles. The molecule has 28 heavy (non-hydrogen) atoms. The minimum Gasteiger partial charge on any atom is -0.508 e. The van der Waals surface area contributed by atoms with Gasteiger partial charge in [0.2, 0.25) is 0 Å². The van der Waals surface area contributed by atoms with Crippen molar-refractivity contribution >= 4 is 11.7 Å². The number of aryl methyl sites for hydroxylation is 1. The van der Waals surface area contributed by atoms with Crippen LogP contribution in [0.2, 0.25) is 0 Å². The molecule has 9 heteroatoms. The van der Waals surface area contributed by atoms with E-state index in [-0.39, 0.29) is 29.4 Å². The van der Waals surface area contributed by atoms with Crippen molar-refractivity contribution in [1.82, 2.24) is 14.8 Å². The third kappa shape index (κ3) is 3.23. The van der Waals surface area contributed by atoms with Crippen LogP contribution in [0.1, 0.15) is 21.5 Å². The second-order valence-electron chi connectivity index (χ2n) is 6.25. The van der Waals surface area contributed by atoms with Crippen molar-refractivity contribution in [2.24, 2.45) is 11.5 Å². The number of rotatable bonds is 6. The lowest BCUT2D eigenvalue weighted by Gasteiger charge is -2.12. The van der Waals surface area contributed by atoms with E-state index in [1.807, 2.05) is 6.92 Å². The highest BCUT2D eigenvalue weighted by Crippen LogP contribution is 2.35. The lowest BCUT2D eigenvalue weighted by molar-refractivity contribution is 0.100. The van der Waals surface area contributed by atoms with E-state index in [9.17, 15) is 9.90 Å². The normalized spacial score (nSPS) is 10.8. The lowest BCUT2D eigenvalue weighted by Crippen LogP contribution is -2.15. The quantitative estimate of drug-likeness (QED) is 0.500. The van der Waals surface area contributed by atoms with Crippen molar-refractivity contribution in [3.05, 3.63) is 47.2 Å². The van der Waals surface area contributed by atoms with Gasteiger partial charge in [-0.25, -0.2) is 4.68 Å². The molecule has 7 N–H and O–H groups in total. The van der Waals surface area contributed by atoms with Gasteiger partial charge in [0.05, 0.1) is 5.69 Å². The molecule has 1 amide bonds. The summed E-state index contributed by atoms with van der Waals surface area (Å²) in [5.74, 6) is -0.203. The van der Waals surface area contributed by atoms with Gasteiger partial charge in [-0.1, -0.05) is 6.07 Å². The first-order chi connectivity index (χ1) is 13.4. The number of carbonyl (C=O) groups excluding carboxylic acids is 1. The van der Waals surface area contributed by atoms with Crippen molar-refractivity contribution in [3.63, 3.8) is 0 Å². The van der Waals surface area contributed by atoms with Gasteiger partial charge in [0.25, 0.3) is 5.91 Å². The van der Waals surface area contributed by atoms with Gasteiger partial charge in [-0.05, 0) is 37.6 Å². The van der Waals surface area contributed by atoms with Gasteiger partial charge in [0, 0.05) is 18.3 Å². The highest BCUT2D eigenvalue weighted by molar-refractivity contribution is 6.03. The zero-order valence-corrected chi connectivity index (χ0v) is 15.6. The van der Waals surface area contributed by atoms with Crippen LogP contribution in [0.5, 0.6) is 11.5 Å². The zero-order valence-electron chi connectivity index (χ0n) is 15.6. The predicted octanol–water partition coefficient (Wildman–Crippen LogP) is 1.28. The first kappa shape index (κ1) is 19.2. The molecule has 0 spiro atoms. The Morgan fingerprint density at radius 1 is 1.25 bits per heavy atom. The molecule has 0 bridgehead atoms. The third-order valence-corrected chi connectivity index (χ3v) is 4.35. The number of primary amides is 1. The van der Waals surface area contributed by atoms with Crippen LogP contribution < -0.4 is 21.9 Å². The number of pyridine rings is 1. The Morgan fingerprint density at radius 3 is 2.68 bits per heavy atom. The summed E-state index contributed by atoms with van der Waals surface area (Å²) in [4.78, 5) is 16.5. The van der Waals surface area contributed by atoms with Gasteiger partial charge in [-0.15, -0.1) is 0 Å². The molecule has 0 unspecified atom stereocenters. The largest absolute Gasteiger partial charge is 0.508 e. The van der Waals surface area contributed by atoms with Crippen LogP contribution >= 0.6 is 0 Å². The molecular weight excluding hydrogens is 360 g/mol. The lowest BCUT2D eigenvalue weighted by atomic mass is 10.1. The van der Waals surface area contributed by atoms with Crippen LogP contribution in [-0.4, -0.2) is 38.9 Å². The molecule has 9 nitrogen and oxygen atoms in total. The number of nitrogens with zero attached hydrogens (tertiary/aromatic N) is 3. The highest BCUT2D eigenvalue weighted by atomic mass is 16.5. The van der Waals surface area contributed by atoms with Crippen LogP contribution in [0.15, 0.2) is 30.5 Å². The second kappa shape index (κ2) is 7.57. The van der Waals surface area contributed by atoms with E-state index in [2.05, 4.69) is 10.1 Å². The molecule has 0 aliphatic heterocycles. The molecule has 3 aromatic rings. The number of hydrogen-bond donors (Lipinski definition) is 4. The summed E-state index contributed by atoms with van der Waals surface area (Å²) in [6, 6.07) is 6.71. The van der Waals surface area contributed by atoms with Gasteiger partial charge >= 0.3 is 0 Å². The summed E-state index contributed by atoms with van der Waals surface area (Å²) < 4.78 is 7.02. The number of aromatic hydroxyl groups is 1. The first-order valence-electron chi connectivity index (χ1n) is 8.62. The molecule has 0 aliphatic carbocycles. The molecule has 0 atom stereocenters. The zero-order chi connectivity index (χ0) is 20.4. The van der Waals surface area contributed by atoms with Crippen molar-refractivity contribution < 1.29 is 14.6 Å². The van der Waals surface area contributed by atoms with E-state index in [0.29, 0.717) is 29.2 Å². The van der Waals surface area contributed by atoms with Gasteiger partial charge in [-0.2, -0.15) is 5.10 Å². The van der Waals surface area contributed by atoms with E-state index in [4.69, 9.17) is 21.9 Å². The van der Waals surface area contributed by atoms with Crippen LogP contribution in [0.3, 0.4) is 0 Å². The molecule has 0 aliphatic rings. The maximum absolute atomic E-state index is 12.2. The molecule has 0 radical (unpaired) electrons. The average Bonchev–Trinajstić information content (AvgIpc) is 3.01. The van der Waals surface area contributed by atoms with Crippen LogP contribution in [0.25, 0.3) is 17.1 Å². The summed E-state index contributed by atoms with van der Waals surface area (Å²) >= 11 is 0. The Labute approximate surface area is 161 Å². The van der Waals surface area contributed by atoms with E-state index in [1.165, 1.54) is 4.68 Å². The van der Waals surface area contributed by atoms with E-state index in [1.54, 1.807) is 37.4 Å². The van der Waals surface area contributed by atoms with Gasteiger partial charge in [0.15, 0.2) is 0 Å². The molecule has 0 saturated carbocycles. The number of amides is 1. The minimum absolute atomic E-state index is 0.0263. The smallest absolute Gasteiger partial charge is 0.254 e. The molecule has 2 heterocycles. The summed E-state index contributed by atoms with van der Waals surface area (Å²) in [5, 5.41) is 14.6. The number of carbonyl (C=O) groups is 1. The molecule has 0 fully saturated rings. The number of phenols is 1. The fourth-order valence-electron chi connectivity index (χ4n) is 3.01. The standard InChI is InChI=1S/C19H22N6O3/c1-10-5-6-12(26)11(2)17(10)25-18(21)14(19(22)27)16(24-25)15-13(28-9-7-20)4-3-8-23-15/h3-6,8,26H,7,9,20-21H2,1-2H3,(H2,22,27). The molecule has 146 valence electrons. The SMILES string of the molecule is Cc1ccc(O)c(C)c1-n1nc(-c2ncccc2OCCN)c(C(N)=O)c1N. The van der Waals surface area contributed by atoms with E-state index < -0.39 is 5.91 Å². The number of anilines is 1. The van der Waals surface area contributed by atoms with Gasteiger partial charge in [-0.3, -0.25) is 9.78 Å². The molecule has 3 rings (SSSR count). The van der Waals surface area contributed by atoms with Crippen LogP contribution in [0, 0.1) is 13.8 Å². The number of phenolic OH excluding ortho intramolecular Hbond substituents is 1. The Morgan fingerprint density at radius 2 is 2.00 bits per heavy atom. The fourth-order valence-corrected chi connectivity index (χ4v) is 3.01. The Bertz CT molecular complexity index is 1040. The first-order valence-corrected chi connectivity index (χ1v) is 8.62. The summed E-state index contributed by atoms with van der Waals surface area (Å²) in [5.41, 5.74) is 19.8. The Kier molecular flexibility index (Phi) is 5.18. The van der Waals surface area contributed by atoms with Crippen LogP contribution in [-0.2, 0) is 0 Å². The fraction of sp³-hybridized carbons (Fsp3) is 0.211. The average molecular weight is 382 g/mol. The topological polar surface area (TPSA) is 155 Å². The van der Waals surface area contributed by atoms with Crippen LogP contribution in [0.4, 0.5) is 5.82 Å². The van der Waals surface area contributed by atoms with Crippen molar-refractivity contribution in [2.45, 2.75) is 13.8 Å². The number of aromatic nitrogens is 3. The summed E-state index contributed by atoms with van der Waals surface area (Å²) in [6.45, 7) is 4.17. The van der Waals surface area contributed by atoms with E-state index >= 15 is 0 Å². The maximum atomic E-state index is 12.2. The molecular formula is C19H22N6O3. The van der Waals surface area contributed by atoms with Crippen molar-refractivity contribution in [1.29, 1.82) is 0 Å². The second-order valence-corrected chi connectivity index (χ2v) is 6.25. The number of ether oxygens (including phenoxy) is 1. The predicted molar refractivity (Wildman–Crippen MR) is 105 cm³/mol. The summed E-state index contributed by atoms with van der Waals surface area (Å²) in [7, 11) is 0. The number of benzene rings is 1. The summed E-state index contributed by atoms with van der Waals surface area (Å²) in [6.07, 6.45) is 1.55. The van der Waals surface area contributed by atoms with Gasteiger partial charge in [0.1, 0.15) is 40.9 Å².